The zero-order valence-corrected chi connectivity index (χ0v) is 19.0. The molecule has 3 rings (SSSR count). The molecule has 1 heterocycles. The zero-order valence-electron chi connectivity index (χ0n) is 17.4. The van der Waals surface area contributed by atoms with Crippen molar-refractivity contribution in [1.82, 2.24) is 4.90 Å². The number of likely N-dealkylation sites (tertiary alicyclic amines) is 1. The molecule has 2 aromatic carbocycles. The molecular formula is C22H27ClN2O4S. The Bertz CT molecular complexity index is 1030. The van der Waals surface area contributed by atoms with Crippen molar-refractivity contribution in [3.05, 3.63) is 58.1 Å². The Kier molecular flexibility index (Phi) is 7.06. The first-order chi connectivity index (χ1) is 14.2. The van der Waals surface area contributed by atoms with Crippen LogP contribution in [0.2, 0.25) is 5.02 Å². The Morgan fingerprint density at radius 3 is 2.47 bits per heavy atom. The molecule has 1 amide bonds. The largest absolute Gasteiger partial charge is 0.378 e. The molecule has 8 heteroatoms. The Morgan fingerprint density at radius 2 is 1.83 bits per heavy atom. The highest BCUT2D eigenvalue weighted by Crippen LogP contribution is 2.26. The zero-order chi connectivity index (χ0) is 21.9. The summed E-state index contributed by atoms with van der Waals surface area (Å²) in [6, 6.07) is 9.56. The van der Waals surface area contributed by atoms with Gasteiger partial charge in [-0.15, -0.1) is 0 Å². The molecule has 2 aromatic rings. The Labute approximate surface area is 183 Å². The number of anilines is 1. The lowest BCUT2D eigenvalue weighted by Gasteiger charge is -2.32. The summed E-state index contributed by atoms with van der Waals surface area (Å²) >= 11 is 6.25. The molecule has 30 heavy (non-hydrogen) atoms. The van der Waals surface area contributed by atoms with Gasteiger partial charge in [0.25, 0.3) is 15.9 Å². The van der Waals surface area contributed by atoms with Gasteiger partial charge in [-0.05, 0) is 75.1 Å². The molecule has 1 saturated heterocycles. The summed E-state index contributed by atoms with van der Waals surface area (Å²) in [6.45, 7) is 7.59. The molecular weight excluding hydrogens is 424 g/mol. The van der Waals surface area contributed by atoms with Gasteiger partial charge in [0.1, 0.15) is 0 Å². The maximum Gasteiger partial charge on any atom is 0.261 e. The number of benzene rings is 2. The number of rotatable bonds is 6. The third-order valence-corrected chi connectivity index (χ3v) is 7.08. The number of sulfonamides is 1. The average molecular weight is 451 g/mol. The summed E-state index contributed by atoms with van der Waals surface area (Å²) in [5.74, 6) is -0.266. The minimum atomic E-state index is -3.86. The van der Waals surface area contributed by atoms with Crippen molar-refractivity contribution >= 4 is 33.2 Å². The lowest BCUT2D eigenvalue weighted by Crippen LogP contribution is -2.41. The third-order valence-electron chi connectivity index (χ3n) is 5.37. The van der Waals surface area contributed by atoms with Gasteiger partial charge in [-0.25, -0.2) is 8.42 Å². The Hall–Kier alpha value is -2.09. The van der Waals surface area contributed by atoms with E-state index in [-0.39, 0.29) is 27.5 Å². The molecule has 0 unspecified atom stereocenters. The van der Waals surface area contributed by atoms with Crippen LogP contribution in [-0.2, 0) is 14.8 Å². The van der Waals surface area contributed by atoms with Gasteiger partial charge in [0.05, 0.1) is 21.6 Å². The number of amides is 1. The van der Waals surface area contributed by atoms with Crippen LogP contribution in [0.25, 0.3) is 0 Å². The monoisotopic (exact) mass is 450 g/mol. The lowest BCUT2D eigenvalue weighted by molar-refractivity contribution is 0.0146. The number of hydrogen-bond acceptors (Lipinski definition) is 4. The molecule has 0 radical (unpaired) electrons. The van der Waals surface area contributed by atoms with Crippen molar-refractivity contribution < 1.29 is 17.9 Å². The van der Waals surface area contributed by atoms with Gasteiger partial charge < -0.3 is 9.64 Å². The van der Waals surface area contributed by atoms with Gasteiger partial charge in [0, 0.05) is 25.4 Å². The van der Waals surface area contributed by atoms with Crippen LogP contribution in [0.3, 0.4) is 0 Å². The SMILES string of the molecule is CCOC1CCN(C(=O)c2cc(S(=O)(=O)Nc3ccc(C)c(C)c3)ccc2Cl)CC1. The molecule has 1 aliphatic heterocycles. The van der Waals surface area contributed by atoms with Crippen LogP contribution in [0.15, 0.2) is 41.3 Å². The van der Waals surface area contributed by atoms with Crippen LogP contribution in [0, 0.1) is 13.8 Å². The van der Waals surface area contributed by atoms with Crippen LogP contribution in [0.4, 0.5) is 5.69 Å². The second kappa shape index (κ2) is 9.37. The summed E-state index contributed by atoms with van der Waals surface area (Å²) in [4.78, 5) is 14.7. The van der Waals surface area contributed by atoms with E-state index in [9.17, 15) is 13.2 Å². The van der Waals surface area contributed by atoms with E-state index in [0.717, 1.165) is 24.0 Å². The topological polar surface area (TPSA) is 75.7 Å². The number of carbonyl (C=O) groups is 1. The maximum absolute atomic E-state index is 13.0. The molecule has 1 fully saturated rings. The summed E-state index contributed by atoms with van der Waals surface area (Å²) < 4.78 is 34.0. The number of aryl methyl sites for hydroxylation is 2. The first kappa shape index (κ1) is 22.6. The van der Waals surface area contributed by atoms with E-state index < -0.39 is 10.0 Å². The standard InChI is InChI=1S/C22H27ClN2O4S/c1-4-29-18-9-11-25(12-10-18)22(26)20-14-19(7-8-21(20)23)30(27,28)24-17-6-5-15(2)16(3)13-17/h5-8,13-14,18,24H,4,9-12H2,1-3H3. The van der Waals surface area contributed by atoms with Crippen LogP contribution in [0.1, 0.15) is 41.3 Å². The minimum absolute atomic E-state index is 0.00215. The molecule has 0 saturated carbocycles. The Morgan fingerprint density at radius 1 is 1.13 bits per heavy atom. The predicted molar refractivity (Wildman–Crippen MR) is 119 cm³/mol. The number of hydrogen-bond donors (Lipinski definition) is 1. The summed E-state index contributed by atoms with van der Waals surface area (Å²) in [7, 11) is -3.86. The second-order valence-corrected chi connectivity index (χ2v) is 9.58. The second-order valence-electron chi connectivity index (χ2n) is 7.49. The third kappa shape index (κ3) is 5.14. The van der Waals surface area contributed by atoms with Gasteiger partial charge in [-0.3, -0.25) is 9.52 Å². The van der Waals surface area contributed by atoms with Gasteiger partial charge in [0.2, 0.25) is 0 Å². The van der Waals surface area contributed by atoms with Crippen molar-refractivity contribution in [1.29, 1.82) is 0 Å². The van der Waals surface area contributed by atoms with Crippen LogP contribution >= 0.6 is 11.6 Å². The van der Waals surface area contributed by atoms with Crippen molar-refractivity contribution in [3.8, 4) is 0 Å². The molecule has 162 valence electrons. The fraction of sp³-hybridized carbons (Fsp3) is 0.409. The molecule has 0 bridgehead atoms. The number of nitrogens with zero attached hydrogens (tertiary/aromatic N) is 1. The highest BCUT2D eigenvalue weighted by Gasteiger charge is 2.26. The lowest BCUT2D eigenvalue weighted by atomic mass is 10.1. The number of halogens is 1. The van der Waals surface area contributed by atoms with E-state index in [1.54, 1.807) is 17.0 Å². The average Bonchev–Trinajstić information content (AvgIpc) is 2.71. The minimum Gasteiger partial charge on any atom is -0.378 e. The van der Waals surface area contributed by atoms with Gasteiger partial charge in [0.15, 0.2) is 0 Å². The summed E-state index contributed by atoms with van der Waals surface area (Å²) in [6.07, 6.45) is 1.66. The van der Waals surface area contributed by atoms with Crippen molar-refractivity contribution in [2.75, 3.05) is 24.4 Å². The highest BCUT2D eigenvalue weighted by atomic mass is 35.5. The normalized spacial score (nSPS) is 15.3. The van der Waals surface area contributed by atoms with Gasteiger partial charge >= 0.3 is 0 Å². The number of piperidine rings is 1. The summed E-state index contributed by atoms with van der Waals surface area (Å²) in [5, 5.41) is 0.233. The van der Waals surface area contributed by atoms with Crippen LogP contribution in [-0.4, -0.2) is 45.0 Å². The van der Waals surface area contributed by atoms with Crippen molar-refractivity contribution in [2.45, 2.75) is 44.6 Å². The van der Waals surface area contributed by atoms with E-state index in [1.807, 2.05) is 26.8 Å². The molecule has 1 aliphatic rings. The molecule has 6 nitrogen and oxygen atoms in total. The van der Waals surface area contributed by atoms with Crippen LogP contribution < -0.4 is 4.72 Å². The number of ether oxygens (including phenoxy) is 1. The van der Waals surface area contributed by atoms with Crippen molar-refractivity contribution in [3.63, 3.8) is 0 Å². The van der Waals surface area contributed by atoms with Crippen molar-refractivity contribution in [2.24, 2.45) is 0 Å². The molecule has 0 atom stereocenters. The van der Waals surface area contributed by atoms with E-state index in [1.165, 1.54) is 18.2 Å². The van der Waals surface area contributed by atoms with Crippen LogP contribution in [0.5, 0.6) is 0 Å². The first-order valence-electron chi connectivity index (χ1n) is 10.0. The van der Waals surface area contributed by atoms with E-state index in [4.69, 9.17) is 16.3 Å². The highest BCUT2D eigenvalue weighted by molar-refractivity contribution is 7.92. The quantitative estimate of drug-likeness (QED) is 0.707. The van der Waals surface area contributed by atoms with E-state index in [2.05, 4.69) is 4.72 Å². The maximum atomic E-state index is 13.0. The predicted octanol–water partition coefficient (Wildman–Crippen LogP) is 4.40. The Balaban J connectivity index is 1.80. The van der Waals surface area contributed by atoms with E-state index >= 15 is 0 Å². The van der Waals surface area contributed by atoms with Gasteiger partial charge in [-0.1, -0.05) is 17.7 Å². The smallest absolute Gasteiger partial charge is 0.261 e. The molecule has 0 spiro atoms. The number of carbonyl (C=O) groups excluding carboxylic acids is 1. The first-order valence-corrected chi connectivity index (χ1v) is 11.9. The van der Waals surface area contributed by atoms with E-state index in [0.29, 0.717) is 25.4 Å². The molecule has 1 N–H and O–H groups in total. The summed E-state index contributed by atoms with van der Waals surface area (Å²) in [5.41, 5.74) is 2.72. The fourth-order valence-corrected chi connectivity index (χ4v) is 4.76. The molecule has 0 aliphatic carbocycles. The fourth-order valence-electron chi connectivity index (χ4n) is 3.49. The van der Waals surface area contributed by atoms with Gasteiger partial charge in [-0.2, -0.15) is 0 Å². The number of nitrogens with one attached hydrogen (secondary N) is 1. The molecule has 0 aromatic heterocycles.